The van der Waals surface area contributed by atoms with E-state index < -0.39 is 0 Å². The van der Waals surface area contributed by atoms with Crippen molar-refractivity contribution in [1.82, 2.24) is 25.4 Å². The molecule has 0 aliphatic carbocycles. The third-order valence-corrected chi connectivity index (χ3v) is 4.73. The number of nitrogens with one attached hydrogen (secondary N) is 2. The number of carbonyl (C=O) groups excluding carboxylic acids is 1. The van der Waals surface area contributed by atoms with Crippen molar-refractivity contribution in [3.63, 3.8) is 0 Å². The molecule has 2 aromatic rings. The Kier molecular flexibility index (Phi) is 7.07. The largest absolute Gasteiger partial charge is 0.349 e. The molecule has 0 radical (unpaired) electrons. The van der Waals surface area contributed by atoms with Gasteiger partial charge in [-0.05, 0) is 50.9 Å². The third-order valence-electron chi connectivity index (χ3n) is 4.12. The molecule has 0 spiro atoms. The topological polar surface area (TPSA) is 71.8 Å². The number of rotatable bonds is 5. The number of para-hydroxylation sites is 1. The maximum Gasteiger partial charge on any atom is 0.290 e. The van der Waals surface area contributed by atoms with E-state index in [0.29, 0.717) is 34.0 Å². The second kappa shape index (κ2) is 8.85. The minimum Gasteiger partial charge on any atom is -0.349 e. The molecule has 1 saturated heterocycles. The van der Waals surface area contributed by atoms with Gasteiger partial charge in [0.15, 0.2) is 0 Å². The number of nitrogens with zero attached hydrogens (tertiary/aromatic N) is 3. The molecule has 3 rings (SSSR count). The summed E-state index contributed by atoms with van der Waals surface area (Å²) in [6.45, 7) is 4.45. The van der Waals surface area contributed by atoms with E-state index in [4.69, 9.17) is 23.2 Å². The van der Waals surface area contributed by atoms with Gasteiger partial charge in [0.25, 0.3) is 5.91 Å². The molecule has 1 amide bonds. The molecule has 1 aliphatic rings. The molecule has 0 bridgehead atoms. The predicted octanol–water partition coefficient (Wildman–Crippen LogP) is 3.03. The monoisotopic (exact) mass is 403 g/mol. The molecule has 0 saturated carbocycles. The SMILES string of the molecule is Cc1nc(C(=O)NCCC2CCNC2)nn1-c1c(Cl)cccc1Cl.Cl. The van der Waals surface area contributed by atoms with Gasteiger partial charge in [-0.1, -0.05) is 29.3 Å². The Morgan fingerprint density at radius 3 is 2.76 bits per heavy atom. The van der Waals surface area contributed by atoms with Gasteiger partial charge < -0.3 is 10.6 Å². The van der Waals surface area contributed by atoms with Crippen LogP contribution >= 0.6 is 35.6 Å². The molecule has 2 heterocycles. The summed E-state index contributed by atoms with van der Waals surface area (Å²) in [4.78, 5) is 16.5. The fraction of sp³-hybridized carbons (Fsp3) is 0.438. The third kappa shape index (κ3) is 4.64. The number of benzene rings is 1. The number of amides is 1. The van der Waals surface area contributed by atoms with Crippen LogP contribution in [0.4, 0.5) is 0 Å². The number of aryl methyl sites for hydroxylation is 1. The van der Waals surface area contributed by atoms with Gasteiger partial charge in [0, 0.05) is 6.54 Å². The minimum absolute atomic E-state index is 0. The zero-order chi connectivity index (χ0) is 17.1. The molecule has 1 unspecified atom stereocenters. The van der Waals surface area contributed by atoms with Crippen LogP contribution in [0.2, 0.25) is 10.0 Å². The van der Waals surface area contributed by atoms with Gasteiger partial charge in [0.2, 0.25) is 5.82 Å². The maximum absolute atomic E-state index is 12.3. The van der Waals surface area contributed by atoms with Gasteiger partial charge in [0.1, 0.15) is 11.5 Å². The lowest BCUT2D eigenvalue weighted by Crippen LogP contribution is -2.27. The summed E-state index contributed by atoms with van der Waals surface area (Å²) in [6, 6.07) is 5.20. The highest BCUT2D eigenvalue weighted by Gasteiger charge is 2.19. The fourth-order valence-electron chi connectivity index (χ4n) is 2.82. The van der Waals surface area contributed by atoms with E-state index >= 15 is 0 Å². The average Bonchev–Trinajstić information content (AvgIpc) is 3.17. The van der Waals surface area contributed by atoms with Crippen LogP contribution in [0.5, 0.6) is 0 Å². The predicted molar refractivity (Wildman–Crippen MR) is 101 cm³/mol. The summed E-state index contributed by atoms with van der Waals surface area (Å²) < 4.78 is 1.50. The van der Waals surface area contributed by atoms with Crippen molar-refractivity contribution < 1.29 is 4.79 Å². The van der Waals surface area contributed by atoms with Crippen LogP contribution in [-0.2, 0) is 0 Å². The summed E-state index contributed by atoms with van der Waals surface area (Å²) in [5.41, 5.74) is 0.530. The lowest BCUT2D eigenvalue weighted by molar-refractivity contribution is 0.0941. The molecule has 1 aromatic heterocycles. The van der Waals surface area contributed by atoms with Crippen LogP contribution in [0.15, 0.2) is 18.2 Å². The summed E-state index contributed by atoms with van der Waals surface area (Å²) in [5.74, 6) is 1.01. The second-order valence-electron chi connectivity index (χ2n) is 5.87. The lowest BCUT2D eigenvalue weighted by atomic mass is 10.1. The van der Waals surface area contributed by atoms with Crippen LogP contribution in [-0.4, -0.2) is 40.3 Å². The van der Waals surface area contributed by atoms with Crippen molar-refractivity contribution >= 4 is 41.5 Å². The Bertz CT molecular complexity index is 723. The van der Waals surface area contributed by atoms with Crippen molar-refractivity contribution in [2.45, 2.75) is 19.8 Å². The van der Waals surface area contributed by atoms with Crippen LogP contribution in [0.25, 0.3) is 5.69 Å². The van der Waals surface area contributed by atoms with Crippen molar-refractivity contribution in [1.29, 1.82) is 0 Å². The number of hydrogen-bond donors (Lipinski definition) is 2. The van der Waals surface area contributed by atoms with Crippen LogP contribution < -0.4 is 10.6 Å². The van der Waals surface area contributed by atoms with Crippen LogP contribution in [0, 0.1) is 12.8 Å². The van der Waals surface area contributed by atoms with Crippen LogP contribution in [0.1, 0.15) is 29.3 Å². The second-order valence-corrected chi connectivity index (χ2v) is 6.68. The Morgan fingerprint density at radius 1 is 1.40 bits per heavy atom. The highest BCUT2D eigenvalue weighted by atomic mass is 35.5. The number of hydrogen-bond acceptors (Lipinski definition) is 4. The van der Waals surface area contributed by atoms with E-state index in [1.54, 1.807) is 25.1 Å². The van der Waals surface area contributed by atoms with Gasteiger partial charge >= 0.3 is 0 Å². The molecular weight excluding hydrogens is 385 g/mol. The van der Waals surface area contributed by atoms with Gasteiger partial charge in [-0.25, -0.2) is 9.67 Å². The molecule has 25 heavy (non-hydrogen) atoms. The zero-order valence-electron chi connectivity index (χ0n) is 13.8. The highest BCUT2D eigenvalue weighted by molar-refractivity contribution is 6.37. The first kappa shape index (κ1) is 20.0. The van der Waals surface area contributed by atoms with E-state index in [9.17, 15) is 4.79 Å². The smallest absolute Gasteiger partial charge is 0.290 e. The summed E-state index contributed by atoms with van der Waals surface area (Å²) in [6.07, 6.45) is 2.11. The Balaban J connectivity index is 0.00000225. The molecule has 136 valence electrons. The molecular formula is C16H20Cl3N5O. The summed E-state index contributed by atoms with van der Waals surface area (Å²) in [7, 11) is 0. The van der Waals surface area contributed by atoms with E-state index in [1.807, 2.05) is 0 Å². The van der Waals surface area contributed by atoms with E-state index in [-0.39, 0.29) is 24.1 Å². The van der Waals surface area contributed by atoms with Crippen molar-refractivity contribution in [2.75, 3.05) is 19.6 Å². The molecule has 1 aliphatic heterocycles. The van der Waals surface area contributed by atoms with Crippen molar-refractivity contribution in [3.8, 4) is 5.69 Å². The minimum atomic E-state index is -0.286. The first-order valence-electron chi connectivity index (χ1n) is 7.93. The average molecular weight is 405 g/mol. The highest BCUT2D eigenvalue weighted by Crippen LogP contribution is 2.28. The molecule has 9 heteroatoms. The molecule has 2 N–H and O–H groups in total. The molecule has 1 aromatic carbocycles. The summed E-state index contributed by atoms with van der Waals surface area (Å²) in [5, 5.41) is 11.4. The van der Waals surface area contributed by atoms with E-state index in [2.05, 4.69) is 20.7 Å². The van der Waals surface area contributed by atoms with E-state index in [0.717, 1.165) is 25.9 Å². The number of aromatic nitrogens is 3. The zero-order valence-corrected chi connectivity index (χ0v) is 16.1. The van der Waals surface area contributed by atoms with Gasteiger partial charge in [-0.15, -0.1) is 17.5 Å². The number of halogens is 3. The fourth-order valence-corrected chi connectivity index (χ4v) is 3.38. The first-order chi connectivity index (χ1) is 11.6. The van der Waals surface area contributed by atoms with E-state index in [1.165, 1.54) is 4.68 Å². The standard InChI is InChI=1S/C16H19Cl2N5O.ClH/c1-10-21-15(16(24)20-8-6-11-5-7-19-9-11)22-23(10)14-12(17)3-2-4-13(14)18;/h2-4,11,19H,5-9H2,1H3,(H,20,24);1H. The lowest BCUT2D eigenvalue weighted by Gasteiger charge is -2.08. The maximum atomic E-state index is 12.3. The van der Waals surface area contributed by atoms with Crippen molar-refractivity contribution in [3.05, 3.63) is 39.9 Å². The summed E-state index contributed by atoms with van der Waals surface area (Å²) >= 11 is 12.4. The Hall–Kier alpha value is -1.34. The van der Waals surface area contributed by atoms with Crippen molar-refractivity contribution in [2.24, 2.45) is 5.92 Å². The molecule has 1 atom stereocenters. The first-order valence-corrected chi connectivity index (χ1v) is 8.69. The van der Waals surface area contributed by atoms with Gasteiger partial charge in [-0.3, -0.25) is 4.79 Å². The Labute approximate surface area is 162 Å². The quantitative estimate of drug-likeness (QED) is 0.803. The number of carbonyl (C=O) groups is 1. The van der Waals surface area contributed by atoms with Gasteiger partial charge in [0.05, 0.1) is 10.0 Å². The Morgan fingerprint density at radius 2 is 2.12 bits per heavy atom. The molecule has 6 nitrogen and oxygen atoms in total. The van der Waals surface area contributed by atoms with Crippen LogP contribution in [0.3, 0.4) is 0 Å². The van der Waals surface area contributed by atoms with Gasteiger partial charge in [-0.2, -0.15) is 0 Å². The normalized spacial score (nSPS) is 16.5. The molecule has 1 fully saturated rings.